The van der Waals surface area contributed by atoms with Crippen LogP contribution in [0.4, 0.5) is 0 Å². The van der Waals surface area contributed by atoms with Crippen molar-refractivity contribution in [2.24, 2.45) is 5.73 Å². The SMILES string of the molecule is NC1CCc2nc(C3CCCOC3)nn2C1. The molecule has 1 aromatic rings. The molecule has 0 saturated carbocycles. The third-order valence-corrected chi connectivity index (χ3v) is 3.44. The molecule has 2 unspecified atom stereocenters. The van der Waals surface area contributed by atoms with Gasteiger partial charge in [0.15, 0.2) is 5.82 Å². The minimum absolute atomic E-state index is 0.240. The molecule has 3 heterocycles. The van der Waals surface area contributed by atoms with E-state index in [4.69, 9.17) is 10.5 Å². The van der Waals surface area contributed by atoms with Crippen LogP contribution in [0.5, 0.6) is 0 Å². The minimum Gasteiger partial charge on any atom is -0.381 e. The van der Waals surface area contributed by atoms with Crippen LogP contribution in [0.3, 0.4) is 0 Å². The number of nitrogens with zero attached hydrogens (tertiary/aromatic N) is 3. The number of fused-ring (bicyclic) bond motifs is 1. The molecule has 0 aliphatic carbocycles. The summed E-state index contributed by atoms with van der Waals surface area (Å²) in [5.74, 6) is 2.45. The van der Waals surface area contributed by atoms with E-state index in [0.29, 0.717) is 5.92 Å². The molecule has 1 fully saturated rings. The molecule has 0 spiro atoms. The lowest BCUT2D eigenvalue weighted by Gasteiger charge is -2.19. The van der Waals surface area contributed by atoms with Crippen LogP contribution in [-0.2, 0) is 17.7 Å². The number of hydrogen-bond acceptors (Lipinski definition) is 4. The highest BCUT2D eigenvalue weighted by Crippen LogP contribution is 2.24. The van der Waals surface area contributed by atoms with Gasteiger partial charge in [0.2, 0.25) is 0 Å². The maximum atomic E-state index is 5.92. The summed E-state index contributed by atoms with van der Waals surface area (Å²) in [6.07, 6.45) is 4.25. The zero-order valence-corrected chi connectivity index (χ0v) is 9.43. The van der Waals surface area contributed by atoms with Gasteiger partial charge in [-0.2, -0.15) is 5.10 Å². The Morgan fingerprint density at radius 1 is 1.38 bits per heavy atom. The normalized spacial score (nSPS) is 30.1. The van der Waals surface area contributed by atoms with Gasteiger partial charge in [-0.25, -0.2) is 9.67 Å². The Labute approximate surface area is 95.0 Å². The van der Waals surface area contributed by atoms with Crippen molar-refractivity contribution in [3.05, 3.63) is 11.6 Å². The fourth-order valence-electron chi connectivity index (χ4n) is 2.47. The number of aryl methyl sites for hydroxylation is 1. The molecule has 2 N–H and O–H groups in total. The highest BCUT2D eigenvalue weighted by Gasteiger charge is 2.24. The Balaban J connectivity index is 1.80. The smallest absolute Gasteiger partial charge is 0.156 e. The third-order valence-electron chi connectivity index (χ3n) is 3.44. The van der Waals surface area contributed by atoms with E-state index in [1.54, 1.807) is 0 Å². The standard InChI is InChI=1S/C11H18N4O/c12-9-3-4-10-13-11(14-15(10)6-9)8-2-1-5-16-7-8/h8-9H,1-7,12H2. The lowest BCUT2D eigenvalue weighted by molar-refractivity contribution is 0.0780. The van der Waals surface area contributed by atoms with E-state index in [-0.39, 0.29) is 6.04 Å². The van der Waals surface area contributed by atoms with Crippen LogP contribution >= 0.6 is 0 Å². The van der Waals surface area contributed by atoms with E-state index >= 15 is 0 Å². The van der Waals surface area contributed by atoms with E-state index in [1.165, 1.54) is 0 Å². The molecule has 2 aliphatic rings. The third kappa shape index (κ3) is 1.85. The summed E-state index contributed by atoms with van der Waals surface area (Å²) in [6, 6.07) is 0.240. The van der Waals surface area contributed by atoms with Gasteiger partial charge in [0.05, 0.1) is 13.2 Å². The highest BCUT2D eigenvalue weighted by atomic mass is 16.5. The zero-order chi connectivity index (χ0) is 11.0. The molecule has 0 amide bonds. The Kier molecular flexibility index (Phi) is 2.65. The molecule has 0 bridgehead atoms. The number of nitrogens with two attached hydrogens (primary N) is 1. The Morgan fingerprint density at radius 3 is 3.12 bits per heavy atom. The lowest BCUT2D eigenvalue weighted by Crippen LogP contribution is -2.32. The zero-order valence-electron chi connectivity index (χ0n) is 9.43. The molecule has 1 aromatic heterocycles. The molecule has 1 saturated heterocycles. The molecule has 0 radical (unpaired) electrons. The predicted octanol–water partition coefficient (Wildman–Crippen LogP) is 0.446. The van der Waals surface area contributed by atoms with Crippen molar-refractivity contribution in [3.8, 4) is 0 Å². The van der Waals surface area contributed by atoms with Gasteiger partial charge in [-0.05, 0) is 19.3 Å². The van der Waals surface area contributed by atoms with Crippen molar-refractivity contribution in [1.82, 2.24) is 14.8 Å². The Bertz CT molecular complexity index is 370. The van der Waals surface area contributed by atoms with Gasteiger partial charge in [-0.3, -0.25) is 0 Å². The number of hydrogen-bond donors (Lipinski definition) is 1. The van der Waals surface area contributed by atoms with Gasteiger partial charge >= 0.3 is 0 Å². The maximum Gasteiger partial charge on any atom is 0.156 e. The predicted molar refractivity (Wildman–Crippen MR) is 59.1 cm³/mol. The molecule has 16 heavy (non-hydrogen) atoms. The summed E-state index contributed by atoms with van der Waals surface area (Å²) >= 11 is 0. The fraction of sp³-hybridized carbons (Fsp3) is 0.818. The topological polar surface area (TPSA) is 66.0 Å². The summed E-state index contributed by atoms with van der Waals surface area (Å²) < 4.78 is 7.46. The van der Waals surface area contributed by atoms with Crippen LogP contribution < -0.4 is 5.73 Å². The Morgan fingerprint density at radius 2 is 2.31 bits per heavy atom. The first kappa shape index (κ1) is 10.2. The van der Waals surface area contributed by atoms with Crippen molar-refractivity contribution in [2.75, 3.05) is 13.2 Å². The molecule has 3 rings (SSSR count). The lowest BCUT2D eigenvalue weighted by atomic mass is 10.0. The van der Waals surface area contributed by atoms with Gasteiger partial charge in [0, 0.05) is 25.0 Å². The first-order valence-corrected chi connectivity index (χ1v) is 6.10. The summed E-state index contributed by atoms with van der Waals surface area (Å²) in [5, 5.41) is 4.57. The summed E-state index contributed by atoms with van der Waals surface area (Å²) in [5.41, 5.74) is 5.92. The first-order chi connectivity index (χ1) is 7.83. The van der Waals surface area contributed by atoms with E-state index in [1.807, 2.05) is 4.68 Å². The summed E-state index contributed by atoms with van der Waals surface area (Å²) in [6.45, 7) is 2.47. The van der Waals surface area contributed by atoms with E-state index in [2.05, 4.69) is 10.1 Å². The minimum atomic E-state index is 0.240. The van der Waals surface area contributed by atoms with Crippen LogP contribution in [0.2, 0.25) is 0 Å². The molecule has 2 atom stereocenters. The molecule has 5 heteroatoms. The van der Waals surface area contributed by atoms with Crippen LogP contribution in [0.1, 0.15) is 36.8 Å². The fourth-order valence-corrected chi connectivity index (χ4v) is 2.47. The van der Waals surface area contributed by atoms with Crippen LogP contribution in [0.25, 0.3) is 0 Å². The monoisotopic (exact) mass is 222 g/mol. The molecule has 88 valence electrons. The number of aromatic nitrogens is 3. The van der Waals surface area contributed by atoms with E-state index in [0.717, 1.165) is 57.1 Å². The summed E-state index contributed by atoms with van der Waals surface area (Å²) in [4.78, 5) is 4.63. The maximum absolute atomic E-state index is 5.92. The van der Waals surface area contributed by atoms with Crippen molar-refractivity contribution in [3.63, 3.8) is 0 Å². The summed E-state index contributed by atoms with van der Waals surface area (Å²) in [7, 11) is 0. The average molecular weight is 222 g/mol. The van der Waals surface area contributed by atoms with Gasteiger partial charge < -0.3 is 10.5 Å². The second kappa shape index (κ2) is 4.14. The number of rotatable bonds is 1. The quantitative estimate of drug-likeness (QED) is 0.749. The molecule has 2 aliphatic heterocycles. The largest absolute Gasteiger partial charge is 0.381 e. The number of ether oxygens (including phenoxy) is 1. The molecular weight excluding hydrogens is 204 g/mol. The van der Waals surface area contributed by atoms with Crippen molar-refractivity contribution < 1.29 is 4.74 Å². The van der Waals surface area contributed by atoms with Gasteiger partial charge in [-0.1, -0.05) is 0 Å². The van der Waals surface area contributed by atoms with Gasteiger partial charge in [-0.15, -0.1) is 0 Å². The Hall–Kier alpha value is -0.940. The first-order valence-electron chi connectivity index (χ1n) is 6.10. The van der Waals surface area contributed by atoms with Crippen molar-refractivity contribution in [2.45, 2.75) is 44.2 Å². The van der Waals surface area contributed by atoms with Crippen molar-refractivity contribution in [1.29, 1.82) is 0 Å². The average Bonchev–Trinajstić information content (AvgIpc) is 2.73. The molecular formula is C11H18N4O. The van der Waals surface area contributed by atoms with Crippen LogP contribution in [0, 0.1) is 0 Å². The van der Waals surface area contributed by atoms with Gasteiger partial charge in [0.25, 0.3) is 0 Å². The molecule has 0 aromatic carbocycles. The second-order valence-electron chi connectivity index (χ2n) is 4.78. The van der Waals surface area contributed by atoms with Crippen LogP contribution in [-0.4, -0.2) is 34.0 Å². The van der Waals surface area contributed by atoms with Gasteiger partial charge in [0.1, 0.15) is 5.82 Å². The molecule has 5 nitrogen and oxygen atoms in total. The van der Waals surface area contributed by atoms with E-state index in [9.17, 15) is 0 Å². The van der Waals surface area contributed by atoms with Crippen LogP contribution in [0.15, 0.2) is 0 Å². The second-order valence-corrected chi connectivity index (χ2v) is 4.78. The van der Waals surface area contributed by atoms with E-state index < -0.39 is 0 Å². The van der Waals surface area contributed by atoms with Crippen molar-refractivity contribution >= 4 is 0 Å². The highest BCUT2D eigenvalue weighted by molar-refractivity contribution is 5.03.